The fourth-order valence-corrected chi connectivity index (χ4v) is 4.32. The largest absolute Gasteiger partial charge is 0.472 e. The molecule has 11 nitrogen and oxygen atoms in total. The second-order valence-electron chi connectivity index (χ2n) is 7.74. The van der Waals surface area contributed by atoms with Crippen molar-refractivity contribution >= 4 is 25.2 Å². The second kappa shape index (κ2) is 10.6. The maximum Gasteiger partial charge on any atom is 0.472 e. The summed E-state index contributed by atoms with van der Waals surface area (Å²) in [5, 5.41) is 11.4. The molecule has 186 valence electrons. The molecule has 0 radical (unpaired) electrons. The predicted molar refractivity (Wildman–Crippen MR) is 117 cm³/mol. The van der Waals surface area contributed by atoms with Crippen LogP contribution < -0.4 is 11.2 Å². The Morgan fingerprint density at radius 2 is 2.03 bits per heavy atom. The first-order valence-electron chi connectivity index (χ1n) is 10.2. The van der Waals surface area contributed by atoms with Crippen LogP contribution in [-0.4, -0.2) is 50.3 Å². The van der Waals surface area contributed by atoms with Gasteiger partial charge in [0.25, 0.3) is 5.56 Å². The van der Waals surface area contributed by atoms with Gasteiger partial charge < -0.3 is 14.7 Å². The molecule has 0 bridgehead atoms. The van der Waals surface area contributed by atoms with Crippen molar-refractivity contribution in [3.05, 3.63) is 67.7 Å². The van der Waals surface area contributed by atoms with Crippen LogP contribution in [0.3, 0.4) is 0 Å². The van der Waals surface area contributed by atoms with Gasteiger partial charge in [0, 0.05) is 11.4 Å². The number of carbonyl (C=O) groups is 1. The highest BCUT2D eigenvalue weighted by atomic mass is 35.5. The number of halogens is 2. The lowest BCUT2D eigenvalue weighted by Crippen LogP contribution is -2.47. The highest BCUT2D eigenvalue weighted by molar-refractivity contribution is 7.47. The third-order valence-electron chi connectivity index (χ3n) is 5.35. The number of aliphatic hydroxyl groups is 1. The van der Waals surface area contributed by atoms with Gasteiger partial charge in [0.2, 0.25) is 5.82 Å². The quantitative estimate of drug-likeness (QED) is 0.313. The summed E-state index contributed by atoms with van der Waals surface area (Å²) in [6, 6.07) is 7.07. The van der Waals surface area contributed by atoms with Crippen LogP contribution in [0.2, 0.25) is 5.02 Å². The van der Waals surface area contributed by atoms with Crippen molar-refractivity contribution < 1.29 is 37.5 Å². The minimum atomic E-state index is -4.58. The Morgan fingerprint density at radius 1 is 1.35 bits per heavy atom. The Hall–Kier alpha value is -2.18. The van der Waals surface area contributed by atoms with E-state index in [1.165, 1.54) is 0 Å². The van der Waals surface area contributed by atoms with Crippen LogP contribution >= 0.6 is 19.4 Å². The van der Waals surface area contributed by atoms with Crippen LogP contribution in [0.1, 0.15) is 31.6 Å². The van der Waals surface area contributed by atoms with Crippen LogP contribution in [0, 0.1) is 5.82 Å². The number of Topliss-reactive ketones (excluding diaryl/α,β-unsaturated/α-hetero) is 1. The van der Waals surface area contributed by atoms with Crippen molar-refractivity contribution in [3.8, 4) is 0 Å². The van der Waals surface area contributed by atoms with Crippen molar-refractivity contribution in [3.63, 3.8) is 0 Å². The molecule has 0 amide bonds. The average Bonchev–Trinajstić information content (AvgIpc) is 3.11. The molecule has 0 spiro atoms. The number of nitrogens with zero attached hydrogens (tertiary/aromatic N) is 1. The van der Waals surface area contributed by atoms with E-state index in [1.54, 1.807) is 17.1 Å². The molecule has 2 aromatic rings. The summed E-state index contributed by atoms with van der Waals surface area (Å²) in [6.45, 7) is 0.201. The van der Waals surface area contributed by atoms with Crippen LogP contribution in [0.15, 0.2) is 40.1 Å². The molecule has 1 saturated heterocycles. The predicted octanol–water partition coefficient (Wildman–Crippen LogP) is 1.70. The molecule has 0 aliphatic carbocycles. The minimum Gasteiger partial charge on any atom is -0.379 e. The normalized spacial score (nSPS) is 24.1. The van der Waals surface area contributed by atoms with Crippen molar-refractivity contribution in [2.75, 3.05) is 13.2 Å². The van der Waals surface area contributed by atoms with E-state index in [0.29, 0.717) is 28.6 Å². The lowest BCUT2D eigenvalue weighted by Gasteiger charge is -2.25. The van der Waals surface area contributed by atoms with Crippen LogP contribution in [0.4, 0.5) is 4.39 Å². The van der Waals surface area contributed by atoms with E-state index in [1.807, 2.05) is 12.1 Å². The summed E-state index contributed by atoms with van der Waals surface area (Å²) in [6.07, 6.45) is -1.78. The standard InChI is InChI=1S/C20H23ClFN2O9P/c1-12(25)20(28)9-17(24-10-15(22)18(26)23-19(24)27)33-16(20)11-32-34(29,30)31-8-2-3-13-4-6-14(21)7-5-13/h4-7,10,16-17,28H,2-3,8-9,11H2,1H3,(H,29,30)(H,23,26,27)/t16-,17-,20-/m1/s1. The van der Waals surface area contributed by atoms with Gasteiger partial charge in [-0.15, -0.1) is 0 Å². The zero-order valence-corrected chi connectivity index (χ0v) is 19.6. The zero-order chi connectivity index (χ0) is 25.1. The highest BCUT2D eigenvalue weighted by Gasteiger charge is 2.52. The number of phosphoric acid groups is 1. The molecule has 0 saturated carbocycles. The molecule has 3 rings (SSSR count). The van der Waals surface area contributed by atoms with Gasteiger partial charge in [0.05, 0.1) is 19.4 Å². The number of nitrogens with one attached hydrogen (secondary N) is 1. The number of carbonyl (C=O) groups excluding carboxylic acids is 1. The summed E-state index contributed by atoms with van der Waals surface area (Å²) in [4.78, 5) is 47.0. The topological polar surface area (TPSA) is 157 Å². The van der Waals surface area contributed by atoms with Crippen molar-refractivity contribution in [1.82, 2.24) is 9.55 Å². The molecule has 2 heterocycles. The van der Waals surface area contributed by atoms with Crippen molar-refractivity contribution in [2.45, 2.75) is 44.1 Å². The van der Waals surface area contributed by atoms with E-state index in [-0.39, 0.29) is 6.61 Å². The zero-order valence-electron chi connectivity index (χ0n) is 18.0. The van der Waals surface area contributed by atoms with Gasteiger partial charge in [-0.05, 0) is 37.5 Å². The van der Waals surface area contributed by atoms with Crippen LogP contribution in [0.5, 0.6) is 0 Å². The average molecular weight is 521 g/mol. The first kappa shape index (κ1) is 26.4. The highest BCUT2D eigenvalue weighted by Crippen LogP contribution is 2.46. The lowest BCUT2D eigenvalue weighted by atomic mass is 9.91. The van der Waals surface area contributed by atoms with E-state index in [0.717, 1.165) is 12.5 Å². The van der Waals surface area contributed by atoms with E-state index >= 15 is 0 Å². The Kier molecular flexibility index (Phi) is 8.25. The van der Waals surface area contributed by atoms with Gasteiger partial charge in [-0.3, -0.25) is 28.2 Å². The van der Waals surface area contributed by atoms with Gasteiger partial charge in [-0.1, -0.05) is 23.7 Å². The summed E-state index contributed by atoms with van der Waals surface area (Å²) in [7, 11) is -4.58. The number of aromatic amines is 1. The Balaban J connectivity index is 1.60. The number of hydrogen-bond acceptors (Lipinski definition) is 8. The first-order valence-corrected chi connectivity index (χ1v) is 12.0. The van der Waals surface area contributed by atoms with Crippen molar-refractivity contribution in [2.24, 2.45) is 0 Å². The number of benzene rings is 1. The number of ketones is 1. The third kappa shape index (κ3) is 6.28. The summed E-state index contributed by atoms with van der Waals surface area (Å²) >= 11 is 5.82. The number of hydrogen-bond donors (Lipinski definition) is 3. The fraction of sp³-hybridized carbons (Fsp3) is 0.450. The third-order valence-corrected chi connectivity index (χ3v) is 6.59. The van der Waals surface area contributed by atoms with E-state index in [4.69, 9.17) is 25.4 Å². The lowest BCUT2D eigenvalue weighted by molar-refractivity contribution is -0.144. The number of aryl methyl sites for hydroxylation is 1. The number of ether oxygens (including phenoxy) is 1. The number of aromatic nitrogens is 2. The van der Waals surface area contributed by atoms with Gasteiger partial charge in [-0.2, -0.15) is 4.39 Å². The number of rotatable bonds is 10. The van der Waals surface area contributed by atoms with Gasteiger partial charge in [0.1, 0.15) is 12.3 Å². The second-order valence-corrected chi connectivity index (χ2v) is 9.63. The number of H-pyrrole nitrogens is 1. The van der Waals surface area contributed by atoms with Gasteiger partial charge >= 0.3 is 13.5 Å². The molecule has 4 atom stereocenters. The molecular weight excluding hydrogens is 498 g/mol. The molecule has 1 aromatic carbocycles. The van der Waals surface area contributed by atoms with Crippen LogP contribution in [0.25, 0.3) is 0 Å². The Bertz CT molecular complexity index is 1200. The fourth-order valence-electron chi connectivity index (χ4n) is 3.44. The van der Waals surface area contributed by atoms with E-state index < -0.39 is 61.6 Å². The molecule has 1 aliphatic heterocycles. The molecular formula is C20H23ClFN2O9P. The molecule has 1 fully saturated rings. The Morgan fingerprint density at radius 3 is 2.68 bits per heavy atom. The molecule has 34 heavy (non-hydrogen) atoms. The monoisotopic (exact) mass is 520 g/mol. The van der Waals surface area contributed by atoms with Crippen molar-refractivity contribution in [1.29, 1.82) is 0 Å². The first-order chi connectivity index (χ1) is 15.9. The SMILES string of the molecule is CC(=O)[C@]1(O)C[C@H](n2cc(F)c(=O)[nH]c2=O)O[C@@H]1COP(=O)(O)OCCCc1ccc(Cl)cc1. The number of phosphoric ester groups is 1. The molecule has 1 aromatic heterocycles. The molecule has 1 unspecified atom stereocenters. The smallest absolute Gasteiger partial charge is 0.379 e. The maximum absolute atomic E-state index is 13.6. The maximum atomic E-state index is 13.6. The molecule has 1 aliphatic rings. The summed E-state index contributed by atoms with van der Waals surface area (Å²) < 4.78 is 41.8. The van der Waals surface area contributed by atoms with Crippen LogP contribution in [-0.2, 0) is 29.6 Å². The van der Waals surface area contributed by atoms with Gasteiger partial charge in [0.15, 0.2) is 11.4 Å². The molecule has 3 N–H and O–H groups in total. The van der Waals surface area contributed by atoms with E-state index in [2.05, 4.69) is 0 Å². The minimum absolute atomic E-state index is 0.117. The van der Waals surface area contributed by atoms with E-state index in [9.17, 15) is 33.3 Å². The molecule has 14 heteroatoms. The summed E-state index contributed by atoms with van der Waals surface area (Å²) in [5.41, 5.74) is -3.52. The Labute approximate surface area is 197 Å². The summed E-state index contributed by atoms with van der Waals surface area (Å²) in [5.74, 6) is -2.04. The van der Waals surface area contributed by atoms with Gasteiger partial charge in [-0.25, -0.2) is 9.36 Å².